The SMILES string of the molecule is CN(CCC#N)C1CC(N)c2ccccc21. The van der Waals surface area contributed by atoms with Crippen molar-refractivity contribution in [2.75, 3.05) is 13.6 Å². The molecule has 3 nitrogen and oxygen atoms in total. The first-order chi connectivity index (χ1) is 7.74. The third-order valence-electron chi connectivity index (χ3n) is 3.34. The summed E-state index contributed by atoms with van der Waals surface area (Å²) in [5, 5.41) is 8.60. The van der Waals surface area contributed by atoms with E-state index in [2.05, 4.69) is 36.2 Å². The molecular formula is C13H17N3. The zero-order valence-corrected chi connectivity index (χ0v) is 9.56. The fourth-order valence-corrected chi connectivity index (χ4v) is 2.45. The summed E-state index contributed by atoms with van der Waals surface area (Å²) in [6, 6.07) is 11.1. The Morgan fingerprint density at radius 1 is 1.44 bits per heavy atom. The number of hydrogen-bond donors (Lipinski definition) is 1. The van der Waals surface area contributed by atoms with Crippen molar-refractivity contribution in [2.45, 2.75) is 24.9 Å². The Hall–Kier alpha value is -1.37. The molecule has 16 heavy (non-hydrogen) atoms. The summed E-state index contributed by atoms with van der Waals surface area (Å²) in [6.07, 6.45) is 1.53. The van der Waals surface area contributed by atoms with Crippen LogP contribution in [0.5, 0.6) is 0 Å². The second kappa shape index (κ2) is 4.65. The molecule has 2 unspecified atom stereocenters. The Morgan fingerprint density at radius 2 is 2.12 bits per heavy atom. The van der Waals surface area contributed by atoms with E-state index in [1.807, 2.05) is 6.07 Å². The van der Waals surface area contributed by atoms with Gasteiger partial charge in [0, 0.05) is 25.0 Å². The molecular weight excluding hydrogens is 198 g/mol. The highest BCUT2D eigenvalue weighted by Crippen LogP contribution is 2.40. The molecule has 0 fully saturated rings. The lowest BCUT2D eigenvalue weighted by Gasteiger charge is -2.24. The van der Waals surface area contributed by atoms with Gasteiger partial charge in [0.15, 0.2) is 0 Å². The maximum Gasteiger partial charge on any atom is 0.0635 e. The van der Waals surface area contributed by atoms with Gasteiger partial charge in [0.05, 0.1) is 6.07 Å². The molecule has 1 aliphatic carbocycles. The molecule has 0 amide bonds. The van der Waals surface area contributed by atoms with Crippen LogP contribution in [0.25, 0.3) is 0 Å². The summed E-state index contributed by atoms with van der Waals surface area (Å²) in [5.41, 5.74) is 8.70. The molecule has 1 aliphatic rings. The molecule has 0 aliphatic heterocycles. The zero-order valence-electron chi connectivity index (χ0n) is 9.56. The summed E-state index contributed by atoms with van der Waals surface area (Å²) >= 11 is 0. The number of nitrogens with zero attached hydrogens (tertiary/aromatic N) is 2. The Morgan fingerprint density at radius 3 is 2.81 bits per heavy atom. The fourth-order valence-electron chi connectivity index (χ4n) is 2.45. The van der Waals surface area contributed by atoms with Gasteiger partial charge in [-0.1, -0.05) is 24.3 Å². The number of nitriles is 1. The van der Waals surface area contributed by atoms with E-state index in [1.54, 1.807) is 0 Å². The number of hydrogen-bond acceptors (Lipinski definition) is 3. The molecule has 0 bridgehead atoms. The van der Waals surface area contributed by atoms with Gasteiger partial charge in [0.25, 0.3) is 0 Å². The van der Waals surface area contributed by atoms with E-state index >= 15 is 0 Å². The predicted molar refractivity (Wildman–Crippen MR) is 63.6 cm³/mol. The number of nitrogens with two attached hydrogens (primary N) is 1. The van der Waals surface area contributed by atoms with Crippen LogP contribution in [0.2, 0.25) is 0 Å². The number of rotatable bonds is 3. The van der Waals surface area contributed by atoms with Crippen LogP contribution in [0.4, 0.5) is 0 Å². The third-order valence-corrected chi connectivity index (χ3v) is 3.34. The van der Waals surface area contributed by atoms with E-state index in [9.17, 15) is 0 Å². The van der Waals surface area contributed by atoms with Gasteiger partial charge < -0.3 is 5.73 Å². The summed E-state index contributed by atoms with van der Waals surface area (Å²) in [7, 11) is 2.07. The zero-order chi connectivity index (χ0) is 11.5. The predicted octanol–water partition coefficient (Wildman–Crippen LogP) is 1.98. The Kier molecular flexibility index (Phi) is 3.23. The molecule has 3 heteroatoms. The standard InChI is InChI=1S/C13H17N3/c1-16(8-4-7-14)13-9-12(15)10-5-2-3-6-11(10)13/h2-3,5-6,12-13H,4,8-9,15H2,1H3. The molecule has 0 saturated carbocycles. The molecule has 2 rings (SSSR count). The minimum Gasteiger partial charge on any atom is -0.324 e. The van der Waals surface area contributed by atoms with Gasteiger partial charge in [0.2, 0.25) is 0 Å². The van der Waals surface area contributed by atoms with Crippen LogP contribution < -0.4 is 5.73 Å². The number of benzene rings is 1. The van der Waals surface area contributed by atoms with Crippen LogP contribution in [0.15, 0.2) is 24.3 Å². The van der Waals surface area contributed by atoms with Gasteiger partial charge in [-0.15, -0.1) is 0 Å². The highest BCUT2D eigenvalue weighted by Gasteiger charge is 2.30. The quantitative estimate of drug-likeness (QED) is 0.838. The molecule has 1 aromatic rings. The number of fused-ring (bicyclic) bond motifs is 1. The highest BCUT2D eigenvalue weighted by molar-refractivity contribution is 5.37. The van der Waals surface area contributed by atoms with Crippen molar-refractivity contribution in [1.29, 1.82) is 5.26 Å². The van der Waals surface area contributed by atoms with E-state index in [0.29, 0.717) is 12.5 Å². The fraction of sp³-hybridized carbons (Fsp3) is 0.462. The van der Waals surface area contributed by atoms with Gasteiger partial charge in [0.1, 0.15) is 0 Å². The van der Waals surface area contributed by atoms with Crippen molar-refractivity contribution < 1.29 is 0 Å². The normalized spacial score (nSPS) is 23.1. The molecule has 0 aromatic heterocycles. The van der Waals surface area contributed by atoms with E-state index in [1.165, 1.54) is 11.1 Å². The molecule has 2 N–H and O–H groups in total. The Bertz CT molecular complexity index is 408. The lowest BCUT2D eigenvalue weighted by atomic mass is 10.1. The summed E-state index contributed by atoms with van der Waals surface area (Å²) in [5.74, 6) is 0. The molecule has 0 saturated heterocycles. The molecule has 0 radical (unpaired) electrons. The second-order valence-electron chi connectivity index (χ2n) is 4.38. The van der Waals surface area contributed by atoms with E-state index in [-0.39, 0.29) is 6.04 Å². The van der Waals surface area contributed by atoms with Crippen molar-refractivity contribution in [3.05, 3.63) is 35.4 Å². The van der Waals surface area contributed by atoms with Gasteiger partial charge in [-0.3, -0.25) is 4.90 Å². The first kappa shape index (κ1) is 11.1. The maximum atomic E-state index is 8.60. The monoisotopic (exact) mass is 215 g/mol. The second-order valence-corrected chi connectivity index (χ2v) is 4.38. The molecule has 0 spiro atoms. The highest BCUT2D eigenvalue weighted by atomic mass is 15.1. The van der Waals surface area contributed by atoms with Crippen LogP contribution >= 0.6 is 0 Å². The minimum absolute atomic E-state index is 0.144. The lowest BCUT2D eigenvalue weighted by Crippen LogP contribution is -2.24. The van der Waals surface area contributed by atoms with E-state index < -0.39 is 0 Å². The van der Waals surface area contributed by atoms with Gasteiger partial charge in [-0.25, -0.2) is 0 Å². The van der Waals surface area contributed by atoms with Gasteiger partial charge >= 0.3 is 0 Å². The third kappa shape index (κ3) is 1.95. The first-order valence-corrected chi connectivity index (χ1v) is 5.65. The van der Waals surface area contributed by atoms with Crippen molar-refractivity contribution in [3.63, 3.8) is 0 Å². The van der Waals surface area contributed by atoms with Crippen molar-refractivity contribution >= 4 is 0 Å². The van der Waals surface area contributed by atoms with Crippen LogP contribution in [0.3, 0.4) is 0 Å². The van der Waals surface area contributed by atoms with Crippen LogP contribution in [-0.4, -0.2) is 18.5 Å². The molecule has 1 aromatic carbocycles. The average Bonchev–Trinajstić information content (AvgIpc) is 2.65. The van der Waals surface area contributed by atoms with Crippen LogP contribution in [0.1, 0.15) is 36.1 Å². The smallest absolute Gasteiger partial charge is 0.0635 e. The van der Waals surface area contributed by atoms with Gasteiger partial charge in [-0.2, -0.15) is 5.26 Å². The van der Waals surface area contributed by atoms with Crippen LogP contribution in [0, 0.1) is 11.3 Å². The summed E-state index contributed by atoms with van der Waals surface area (Å²) in [6.45, 7) is 0.808. The molecule has 0 heterocycles. The Balaban J connectivity index is 2.17. The summed E-state index contributed by atoms with van der Waals surface area (Å²) in [4.78, 5) is 2.23. The van der Waals surface area contributed by atoms with Gasteiger partial charge in [-0.05, 0) is 24.6 Å². The largest absolute Gasteiger partial charge is 0.324 e. The minimum atomic E-state index is 0.144. The molecule has 84 valence electrons. The van der Waals surface area contributed by atoms with Crippen molar-refractivity contribution in [3.8, 4) is 6.07 Å². The van der Waals surface area contributed by atoms with E-state index in [0.717, 1.165) is 13.0 Å². The van der Waals surface area contributed by atoms with Crippen molar-refractivity contribution in [1.82, 2.24) is 4.90 Å². The topological polar surface area (TPSA) is 53.0 Å². The maximum absolute atomic E-state index is 8.60. The average molecular weight is 215 g/mol. The Labute approximate surface area is 96.5 Å². The van der Waals surface area contributed by atoms with Crippen LogP contribution in [-0.2, 0) is 0 Å². The molecule has 2 atom stereocenters. The lowest BCUT2D eigenvalue weighted by molar-refractivity contribution is 0.243. The van der Waals surface area contributed by atoms with Crippen molar-refractivity contribution in [2.24, 2.45) is 5.73 Å². The summed E-state index contributed by atoms with van der Waals surface area (Å²) < 4.78 is 0. The van der Waals surface area contributed by atoms with E-state index in [4.69, 9.17) is 11.0 Å². The first-order valence-electron chi connectivity index (χ1n) is 5.65.